The third kappa shape index (κ3) is 2.87. The van der Waals surface area contributed by atoms with Gasteiger partial charge in [-0.05, 0) is 42.7 Å². The van der Waals surface area contributed by atoms with Crippen LogP contribution in [0.3, 0.4) is 0 Å². The van der Waals surface area contributed by atoms with Gasteiger partial charge in [-0.3, -0.25) is 25.2 Å². The lowest BCUT2D eigenvalue weighted by Crippen LogP contribution is -2.37. The van der Waals surface area contributed by atoms with Crippen LogP contribution < -0.4 is 0 Å². The number of aliphatic imine (C=N–C) groups is 1. The highest BCUT2D eigenvalue weighted by molar-refractivity contribution is 8.16. The molecule has 0 atom stereocenters. The number of fused-ring (bicyclic) bond motifs is 1. The Hall–Kier alpha value is -3.46. The number of hydrogen-bond acceptors (Lipinski definition) is 5. The first-order valence-electron chi connectivity index (χ1n) is 7.95. The summed E-state index contributed by atoms with van der Waals surface area (Å²) in [5, 5.41) is 21.6. The molecule has 134 valence electrons. The van der Waals surface area contributed by atoms with E-state index in [1.807, 2.05) is 12.3 Å². The normalized spacial score (nSPS) is 17.8. The second kappa shape index (κ2) is 6.36. The van der Waals surface area contributed by atoms with Crippen LogP contribution in [0.1, 0.15) is 12.6 Å². The maximum Gasteiger partial charge on any atom is 0.283 e. The van der Waals surface area contributed by atoms with E-state index in [1.54, 1.807) is 46.0 Å². The van der Waals surface area contributed by atoms with Crippen molar-refractivity contribution in [2.45, 2.75) is 6.92 Å². The molecule has 0 radical (unpaired) electrons. The molecule has 0 fully saturated rings. The summed E-state index contributed by atoms with van der Waals surface area (Å²) in [7, 11) is 0. The zero-order chi connectivity index (χ0) is 19.1. The number of thioether (sulfide) groups is 1. The number of hydrogen-bond donors (Lipinski definition) is 1. The standard InChI is InChI=1S/C18H13N5O3S/c1-11-10-27-18-20-17(24)15(16(19)22(11)18)9-14-3-2-8-21(14)12-4-6-13(7-5-12)23(25)26/h2-10,19H,1H3/b15-9-,19-16?. The van der Waals surface area contributed by atoms with Crippen LogP contribution in [0.4, 0.5) is 5.69 Å². The van der Waals surface area contributed by atoms with Crippen LogP contribution in [0.25, 0.3) is 11.8 Å². The number of nitro benzene ring substituents is 1. The lowest BCUT2D eigenvalue weighted by atomic mass is 10.1. The summed E-state index contributed by atoms with van der Waals surface area (Å²) in [5.41, 5.74) is 2.42. The molecule has 3 heterocycles. The van der Waals surface area contributed by atoms with E-state index in [2.05, 4.69) is 4.99 Å². The first-order chi connectivity index (χ1) is 13.0. The fourth-order valence-corrected chi connectivity index (χ4v) is 3.73. The highest BCUT2D eigenvalue weighted by Gasteiger charge is 2.34. The van der Waals surface area contributed by atoms with Crippen molar-refractivity contribution in [3.63, 3.8) is 0 Å². The van der Waals surface area contributed by atoms with Crippen molar-refractivity contribution in [3.05, 3.63) is 75.1 Å². The monoisotopic (exact) mass is 379 g/mol. The molecule has 1 aromatic carbocycles. The van der Waals surface area contributed by atoms with E-state index >= 15 is 0 Å². The topological polar surface area (TPSA) is 105 Å². The predicted molar refractivity (Wildman–Crippen MR) is 104 cm³/mol. The van der Waals surface area contributed by atoms with Crippen LogP contribution in [0.5, 0.6) is 0 Å². The van der Waals surface area contributed by atoms with E-state index in [0.29, 0.717) is 16.5 Å². The Morgan fingerprint density at radius 2 is 2.00 bits per heavy atom. The molecule has 0 aliphatic carbocycles. The van der Waals surface area contributed by atoms with Crippen LogP contribution in [0, 0.1) is 15.5 Å². The van der Waals surface area contributed by atoms with E-state index in [0.717, 1.165) is 5.70 Å². The SMILES string of the molecule is CC1=CSC2=NC(=O)/C(=C\c3cccn3-c3ccc([N+](=O)[O-])cc3)C(=N)N12. The molecule has 1 aromatic heterocycles. The van der Waals surface area contributed by atoms with Gasteiger partial charge in [-0.1, -0.05) is 11.8 Å². The van der Waals surface area contributed by atoms with E-state index in [1.165, 1.54) is 23.9 Å². The van der Waals surface area contributed by atoms with Crippen LogP contribution in [-0.4, -0.2) is 31.3 Å². The Balaban J connectivity index is 1.73. The van der Waals surface area contributed by atoms with Gasteiger partial charge in [0.15, 0.2) is 5.17 Å². The molecule has 0 saturated carbocycles. The molecular formula is C18H13N5O3S. The Labute approximate surface area is 158 Å². The van der Waals surface area contributed by atoms with Gasteiger partial charge >= 0.3 is 0 Å². The molecule has 27 heavy (non-hydrogen) atoms. The second-order valence-electron chi connectivity index (χ2n) is 5.90. The molecule has 2 aliphatic rings. The summed E-state index contributed by atoms with van der Waals surface area (Å²) in [5.74, 6) is -0.376. The Morgan fingerprint density at radius 3 is 2.70 bits per heavy atom. The molecule has 4 rings (SSSR count). The lowest BCUT2D eigenvalue weighted by Gasteiger charge is -2.25. The van der Waals surface area contributed by atoms with Crippen molar-refractivity contribution in [3.8, 4) is 5.69 Å². The molecule has 2 aromatic rings. The van der Waals surface area contributed by atoms with E-state index in [9.17, 15) is 14.9 Å². The minimum atomic E-state index is -0.460. The summed E-state index contributed by atoms with van der Waals surface area (Å²) in [6, 6.07) is 9.72. The number of nitrogens with one attached hydrogen (secondary N) is 1. The van der Waals surface area contributed by atoms with Gasteiger partial charge in [-0.25, -0.2) is 0 Å². The van der Waals surface area contributed by atoms with Crippen LogP contribution in [-0.2, 0) is 4.79 Å². The number of carbonyl (C=O) groups excluding carboxylic acids is 1. The fraction of sp³-hybridized carbons (Fsp3) is 0.0556. The van der Waals surface area contributed by atoms with E-state index in [4.69, 9.17) is 5.41 Å². The Bertz CT molecular complexity index is 1080. The van der Waals surface area contributed by atoms with Crippen molar-refractivity contribution in [2.24, 2.45) is 4.99 Å². The highest BCUT2D eigenvalue weighted by Crippen LogP contribution is 2.32. The number of non-ortho nitro benzene ring substituents is 1. The average Bonchev–Trinajstić information content (AvgIpc) is 3.25. The fourth-order valence-electron chi connectivity index (χ4n) is 2.87. The summed E-state index contributed by atoms with van der Waals surface area (Å²) < 4.78 is 1.79. The van der Waals surface area contributed by atoms with Crippen molar-refractivity contribution in [2.75, 3.05) is 0 Å². The molecule has 2 aliphatic heterocycles. The lowest BCUT2D eigenvalue weighted by molar-refractivity contribution is -0.384. The maximum absolute atomic E-state index is 12.4. The minimum absolute atomic E-state index is 0.00529. The zero-order valence-corrected chi connectivity index (χ0v) is 14.9. The predicted octanol–water partition coefficient (Wildman–Crippen LogP) is 3.55. The van der Waals surface area contributed by atoms with Gasteiger partial charge in [0, 0.05) is 35.4 Å². The number of rotatable bonds is 3. The van der Waals surface area contributed by atoms with Crippen molar-refractivity contribution >= 4 is 40.4 Å². The number of allylic oxidation sites excluding steroid dienone is 1. The number of amides is 1. The first-order valence-corrected chi connectivity index (χ1v) is 8.83. The molecule has 0 unspecified atom stereocenters. The highest BCUT2D eigenvalue weighted by atomic mass is 32.2. The second-order valence-corrected chi connectivity index (χ2v) is 6.73. The van der Waals surface area contributed by atoms with E-state index < -0.39 is 10.8 Å². The summed E-state index contributed by atoms with van der Waals surface area (Å²) in [4.78, 5) is 28.5. The molecule has 0 bridgehead atoms. The van der Waals surface area contributed by atoms with Gasteiger partial charge in [0.25, 0.3) is 11.6 Å². The number of benzene rings is 1. The van der Waals surface area contributed by atoms with Crippen molar-refractivity contribution < 1.29 is 9.72 Å². The minimum Gasteiger partial charge on any atom is -0.317 e. The van der Waals surface area contributed by atoms with Gasteiger partial charge < -0.3 is 4.57 Å². The number of amidine groups is 2. The van der Waals surface area contributed by atoms with Gasteiger partial charge in [-0.15, -0.1) is 0 Å². The van der Waals surface area contributed by atoms with Gasteiger partial charge in [0.05, 0.1) is 10.5 Å². The van der Waals surface area contributed by atoms with Crippen molar-refractivity contribution in [1.29, 1.82) is 5.41 Å². The van der Waals surface area contributed by atoms with Crippen LogP contribution >= 0.6 is 11.8 Å². The summed E-state index contributed by atoms with van der Waals surface area (Å²) in [6.07, 6.45) is 3.40. The third-order valence-electron chi connectivity index (χ3n) is 4.20. The number of carbonyl (C=O) groups is 1. The average molecular weight is 379 g/mol. The number of nitrogens with zero attached hydrogens (tertiary/aromatic N) is 4. The maximum atomic E-state index is 12.4. The smallest absolute Gasteiger partial charge is 0.283 e. The number of nitro groups is 1. The van der Waals surface area contributed by atoms with Crippen molar-refractivity contribution in [1.82, 2.24) is 9.47 Å². The third-order valence-corrected chi connectivity index (χ3v) is 5.14. The molecule has 1 amide bonds. The Kier molecular flexibility index (Phi) is 4.00. The van der Waals surface area contributed by atoms with Gasteiger partial charge in [-0.2, -0.15) is 4.99 Å². The number of aromatic nitrogens is 1. The quantitative estimate of drug-likeness (QED) is 0.499. The van der Waals surface area contributed by atoms with E-state index in [-0.39, 0.29) is 17.1 Å². The summed E-state index contributed by atoms with van der Waals surface area (Å²) >= 11 is 1.32. The van der Waals surface area contributed by atoms with Gasteiger partial charge in [0.1, 0.15) is 5.84 Å². The Morgan fingerprint density at radius 1 is 1.26 bits per heavy atom. The van der Waals surface area contributed by atoms with Gasteiger partial charge in [0.2, 0.25) is 0 Å². The molecule has 9 heteroatoms. The molecule has 8 nitrogen and oxygen atoms in total. The molecule has 1 N–H and O–H groups in total. The first kappa shape index (κ1) is 17.0. The molecular weight excluding hydrogens is 366 g/mol. The summed E-state index contributed by atoms with van der Waals surface area (Å²) in [6.45, 7) is 1.86. The van der Waals surface area contributed by atoms with Crippen LogP contribution in [0.2, 0.25) is 0 Å². The zero-order valence-electron chi connectivity index (χ0n) is 14.1. The molecule has 0 saturated heterocycles. The van der Waals surface area contributed by atoms with Crippen LogP contribution in [0.15, 0.2) is 64.3 Å². The molecule has 0 spiro atoms. The largest absolute Gasteiger partial charge is 0.317 e.